The number of halogens is 7. The molecule has 2 aliphatic rings. The van der Waals surface area contributed by atoms with Crippen molar-refractivity contribution in [2.75, 3.05) is 31.6 Å². The molecular weight excluding hydrogens is 575 g/mol. The lowest BCUT2D eigenvalue weighted by atomic mass is 9.99. The summed E-state index contributed by atoms with van der Waals surface area (Å²) >= 11 is 0. The largest absolute Gasteiger partial charge is 0.484 e. The van der Waals surface area contributed by atoms with Crippen molar-refractivity contribution in [3.05, 3.63) is 83.2 Å². The van der Waals surface area contributed by atoms with E-state index in [9.17, 15) is 45.1 Å². The molecule has 1 atom stereocenters. The molecule has 1 saturated heterocycles. The van der Waals surface area contributed by atoms with Crippen LogP contribution in [0.1, 0.15) is 21.5 Å². The van der Waals surface area contributed by atoms with Crippen LogP contribution in [0, 0.1) is 5.82 Å². The quantitative estimate of drug-likeness (QED) is 0.420. The molecule has 42 heavy (non-hydrogen) atoms. The zero-order valence-corrected chi connectivity index (χ0v) is 21.4. The second-order valence-corrected chi connectivity index (χ2v) is 9.61. The first-order valence-corrected chi connectivity index (χ1v) is 12.4. The van der Waals surface area contributed by atoms with Gasteiger partial charge in [-0.25, -0.2) is 4.39 Å². The number of ether oxygens (including phenoxy) is 1. The molecule has 0 radical (unpaired) electrons. The molecule has 3 amide bonds. The highest BCUT2D eigenvalue weighted by molar-refractivity contribution is 6.10. The molecule has 3 aromatic carbocycles. The van der Waals surface area contributed by atoms with E-state index >= 15 is 0 Å². The first kappa shape index (κ1) is 28.9. The summed E-state index contributed by atoms with van der Waals surface area (Å²) in [5, 5.41) is 2.62. The third kappa shape index (κ3) is 5.74. The molecule has 0 aliphatic carbocycles. The molecule has 2 heterocycles. The number of benzene rings is 3. The fourth-order valence-electron chi connectivity index (χ4n) is 4.78. The number of carbonyl (C=O) groups is 3. The van der Waals surface area contributed by atoms with E-state index in [2.05, 4.69) is 5.32 Å². The van der Waals surface area contributed by atoms with Crippen LogP contribution in [0.3, 0.4) is 0 Å². The Morgan fingerprint density at radius 1 is 0.905 bits per heavy atom. The van der Waals surface area contributed by atoms with Gasteiger partial charge in [0.25, 0.3) is 11.8 Å². The van der Waals surface area contributed by atoms with Gasteiger partial charge in [-0.05, 0) is 47.5 Å². The second-order valence-electron chi connectivity index (χ2n) is 9.61. The Bertz CT molecular complexity index is 1570. The summed E-state index contributed by atoms with van der Waals surface area (Å²) in [5.41, 5.74) is -1.58. The van der Waals surface area contributed by atoms with Crippen molar-refractivity contribution < 1.29 is 49.9 Å². The summed E-state index contributed by atoms with van der Waals surface area (Å²) in [6, 6.07) is 9.64. The molecule has 0 saturated carbocycles. The zero-order valence-electron chi connectivity index (χ0n) is 21.4. The highest BCUT2D eigenvalue weighted by atomic mass is 19.4. The van der Waals surface area contributed by atoms with Gasteiger partial charge in [-0.3, -0.25) is 14.4 Å². The van der Waals surface area contributed by atoms with E-state index in [1.54, 1.807) is 0 Å². The minimum atomic E-state index is -4.89. The molecular formula is C28H20F7N3O4. The molecule has 1 unspecified atom stereocenters. The molecule has 7 nitrogen and oxygen atoms in total. The molecule has 1 N–H and O–H groups in total. The standard InChI is InChI=1S/C28H20F7N3O4/c29-21-12-18(5-6-20(21)28(33,34)35)42-14-24(39)37-8-9-38-23(13-37)25(40)36-22-7-4-16(11-19(22)26(38)41)15-2-1-3-17(10-15)27(30,31)32/h1-7,10-12,23H,8-9,13-14H2,(H,36,40). The predicted octanol–water partition coefficient (Wildman–Crippen LogP) is 5.21. The van der Waals surface area contributed by atoms with Gasteiger partial charge in [-0.15, -0.1) is 0 Å². The first-order valence-electron chi connectivity index (χ1n) is 12.4. The van der Waals surface area contributed by atoms with Crippen LogP contribution in [0.4, 0.5) is 36.4 Å². The highest BCUT2D eigenvalue weighted by Crippen LogP contribution is 2.35. The van der Waals surface area contributed by atoms with E-state index in [1.165, 1.54) is 40.1 Å². The summed E-state index contributed by atoms with van der Waals surface area (Å²) in [7, 11) is 0. The number of carbonyl (C=O) groups excluding carboxylic acids is 3. The van der Waals surface area contributed by atoms with Crippen molar-refractivity contribution in [1.29, 1.82) is 0 Å². The van der Waals surface area contributed by atoms with Crippen molar-refractivity contribution in [3.63, 3.8) is 0 Å². The Labute approximate surface area is 233 Å². The van der Waals surface area contributed by atoms with E-state index in [0.29, 0.717) is 17.7 Å². The van der Waals surface area contributed by atoms with E-state index < -0.39 is 59.7 Å². The van der Waals surface area contributed by atoms with Gasteiger partial charge in [0.15, 0.2) is 6.61 Å². The summed E-state index contributed by atoms with van der Waals surface area (Å²) in [5.74, 6) is -3.68. The van der Waals surface area contributed by atoms with Gasteiger partial charge in [-0.2, -0.15) is 26.3 Å². The number of amides is 3. The minimum Gasteiger partial charge on any atom is -0.484 e. The van der Waals surface area contributed by atoms with Crippen LogP contribution >= 0.6 is 0 Å². The fourth-order valence-corrected chi connectivity index (χ4v) is 4.78. The van der Waals surface area contributed by atoms with Crippen LogP contribution < -0.4 is 10.1 Å². The zero-order chi connectivity index (χ0) is 30.4. The van der Waals surface area contributed by atoms with E-state index in [0.717, 1.165) is 18.2 Å². The number of piperazine rings is 1. The molecule has 14 heteroatoms. The predicted molar refractivity (Wildman–Crippen MR) is 134 cm³/mol. The minimum absolute atomic E-state index is 0.0122. The van der Waals surface area contributed by atoms with E-state index in [1.807, 2.05) is 0 Å². The number of fused-ring (bicyclic) bond motifs is 2. The molecule has 5 rings (SSSR count). The number of nitrogens with one attached hydrogen (secondary N) is 1. The number of hydrogen-bond donors (Lipinski definition) is 1. The van der Waals surface area contributed by atoms with Crippen LogP contribution in [0.25, 0.3) is 11.1 Å². The Kier molecular flexibility index (Phi) is 7.33. The summed E-state index contributed by atoms with van der Waals surface area (Å²) < 4.78 is 96.8. The maximum atomic E-state index is 13.8. The molecule has 0 spiro atoms. The number of alkyl halides is 6. The summed E-state index contributed by atoms with van der Waals surface area (Å²) in [4.78, 5) is 41.7. The molecule has 2 aliphatic heterocycles. The third-order valence-corrected chi connectivity index (χ3v) is 6.94. The summed E-state index contributed by atoms with van der Waals surface area (Å²) in [6.45, 7) is -0.962. The lowest BCUT2D eigenvalue weighted by molar-refractivity contribution is -0.140. The number of rotatable bonds is 4. The average molecular weight is 595 g/mol. The van der Waals surface area contributed by atoms with Gasteiger partial charge < -0.3 is 19.9 Å². The van der Waals surface area contributed by atoms with Gasteiger partial charge in [0.1, 0.15) is 17.6 Å². The van der Waals surface area contributed by atoms with Gasteiger partial charge in [0.2, 0.25) is 5.91 Å². The second kappa shape index (κ2) is 10.7. The smallest absolute Gasteiger partial charge is 0.419 e. The third-order valence-electron chi connectivity index (χ3n) is 6.94. The SMILES string of the molecule is O=C1Nc2ccc(-c3cccc(C(F)(F)F)c3)cc2C(=O)N2CCN(C(=O)COc3ccc(C(F)(F)F)c(F)c3)CC12. The topological polar surface area (TPSA) is 79.0 Å². The lowest BCUT2D eigenvalue weighted by Gasteiger charge is -2.39. The van der Waals surface area contributed by atoms with Gasteiger partial charge >= 0.3 is 12.4 Å². The molecule has 0 aromatic heterocycles. The van der Waals surface area contributed by atoms with Crippen molar-refractivity contribution in [1.82, 2.24) is 9.80 Å². The number of nitrogens with zero attached hydrogens (tertiary/aromatic N) is 2. The van der Waals surface area contributed by atoms with Gasteiger partial charge in [0, 0.05) is 19.2 Å². The van der Waals surface area contributed by atoms with Crippen LogP contribution in [-0.2, 0) is 21.9 Å². The first-order chi connectivity index (χ1) is 19.7. The average Bonchev–Trinajstić information content (AvgIpc) is 3.04. The number of hydrogen-bond acceptors (Lipinski definition) is 4. The van der Waals surface area contributed by atoms with Crippen molar-refractivity contribution in [2.24, 2.45) is 0 Å². The Hall–Kier alpha value is -4.62. The lowest BCUT2D eigenvalue weighted by Crippen LogP contribution is -2.60. The van der Waals surface area contributed by atoms with Crippen LogP contribution in [-0.4, -0.2) is 59.8 Å². The maximum Gasteiger partial charge on any atom is 0.419 e. The van der Waals surface area contributed by atoms with E-state index in [-0.39, 0.29) is 42.2 Å². The molecule has 0 bridgehead atoms. The Morgan fingerprint density at radius 2 is 1.64 bits per heavy atom. The van der Waals surface area contributed by atoms with Crippen LogP contribution in [0.5, 0.6) is 5.75 Å². The van der Waals surface area contributed by atoms with Gasteiger partial charge in [-0.1, -0.05) is 18.2 Å². The van der Waals surface area contributed by atoms with Crippen molar-refractivity contribution in [2.45, 2.75) is 18.4 Å². The maximum absolute atomic E-state index is 13.8. The molecule has 220 valence electrons. The highest BCUT2D eigenvalue weighted by Gasteiger charge is 2.41. The van der Waals surface area contributed by atoms with Crippen molar-refractivity contribution in [3.8, 4) is 16.9 Å². The van der Waals surface area contributed by atoms with Crippen LogP contribution in [0.15, 0.2) is 60.7 Å². The number of anilines is 1. The fraction of sp³-hybridized carbons (Fsp3) is 0.250. The molecule has 1 fully saturated rings. The summed E-state index contributed by atoms with van der Waals surface area (Å²) in [6.07, 6.45) is -9.46. The van der Waals surface area contributed by atoms with E-state index in [4.69, 9.17) is 4.74 Å². The molecule has 3 aromatic rings. The Morgan fingerprint density at radius 3 is 2.33 bits per heavy atom. The monoisotopic (exact) mass is 595 g/mol. The Balaban J connectivity index is 1.29. The normalized spacial score (nSPS) is 17.3. The van der Waals surface area contributed by atoms with Crippen molar-refractivity contribution >= 4 is 23.4 Å². The van der Waals surface area contributed by atoms with Gasteiger partial charge in [0.05, 0.1) is 28.9 Å². The van der Waals surface area contributed by atoms with Crippen LogP contribution in [0.2, 0.25) is 0 Å².